The lowest BCUT2D eigenvalue weighted by atomic mass is 10.0. The molecule has 1 saturated carbocycles. The summed E-state index contributed by atoms with van der Waals surface area (Å²) < 4.78 is 0. The number of nitrogens with one attached hydrogen (secondary N) is 1. The van der Waals surface area contributed by atoms with Crippen LogP contribution < -0.4 is 5.32 Å². The molecule has 0 bridgehead atoms. The predicted molar refractivity (Wildman–Crippen MR) is 53.4 cm³/mol. The Balaban J connectivity index is 2.30. The molecular formula is C10H22N2. The highest BCUT2D eigenvalue weighted by molar-refractivity contribution is 4.83. The normalized spacial score (nSPS) is 30.0. The fraction of sp³-hybridized carbons (Fsp3) is 1.00. The van der Waals surface area contributed by atoms with Gasteiger partial charge in [-0.15, -0.1) is 0 Å². The molecule has 0 saturated heterocycles. The third-order valence-electron chi connectivity index (χ3n) is 2.94. The lowest BCUT2D eigenvalue weighted by Gasteiger charge is -2.26. The van der Waals surface area contributed by atoms with Crippen molar-refractivity contribution < 1.29 is 0 Å². The zero-order valence-electron chi connectivity index (χ0n) is 8.64. The number of hydrogen-bond acceptors (Lipinski definition) is 2. The zero-order chi connectivity index (χ0) is 8.97. The number of hydrogen-bond donors (Lipinski definition) is 1. The molecule has 2 nitrogen and oxygen atoms in total. The zero-order valence-corrected chi connectivity index (χ0v) is 8.64. The summed E-state index contributed by atoms with van der Waals surface area (Å²) in [5.41, 5.74) is 0. The molecule has 1 fully saturated rings. The first-order valence-corrected chi connectivity index (χ1v) is 5.12. The summed E-state index contributed by atoms with van der Waals surface area (Å²) in [6, 6.07) is 0.823. The van der Waals surface area contributed by atoms with E-state index in [0.717, 1.165) is 18.5 Å². The van der Waals surface area contributed by atoms with E-state index in [1.165, 1.54) is 25.8 Å². The van der Waals surface area contributed by atoms with Gasteiger partial charge in [0.05, 0.1) is 0 Å². The Kier molecular flexibility index (Phi) is 4.02. The Hall–Kier alpha value is -0.0800. The molecule has 0 aromatic rings. The summed E-state index contributed by atoms with van der Waals surface area (Å²) in [5.74, 6) is 0.889. The van der Waals surface area contributed by atoms with Gasteiger partial charge < -0.3 is 10.2 Å². The second kappa shape index (κ2) is 4.83. The standard InChI is InChI=1S/C10H22N2/c1-4-11-8-9-6-5-7-10(9)12(2)3/h9-11H,4-8H2,1-3H3. The van der Waals surface area contributed by atoms with E-state index in [1.807, 2.05) is 0 Å². The Morgan fingerprint density at radius 2 is 2.08 bits per heavy atom. The molecule has 0 aromatic heterocycles. The maximum atomic E-state index is 3.45. The first-order chi connectivity index (χ1) is 5.75. The van der Waals surface area contributed by atoms with Gasteiger partial charge in [-0.05, 0) is 45.9 Å². The topological polar surface area (TPSA) is 15.3 Å². The van der Waals surface area contributed by atoms with Gasteiger partial charge in [-0.2, -0.15) is 0 Å². The lowest BCUT2D eigenvalue weighted by molar-refractivity contribution is 0.234. The molecule has 2 unspecified atom stereocenters. The average Bonchev–Trinajstić information content (AvgIpc) is 2.48. The van der Waals surface area contributed by atoms with E-state index in [4.69, 9.17) is 0 Å². The van der Waals surface area contributed by atoms with Gasteiger partial charge >= 0.3 is 0 Å². The van der Waals surface area contributed by atoms with Crippen molar-refractivity contribution in [2.75, 3.05) is 27.2 Å². The smallest absolute Gasteiger partial charge is 0.0129 e. The van der Waals surface area contributed by atoms with Crippen LogP contribution in [0.1, 0.15) is 26.2 Å². The molecule has 0 spiro atoms. The molecule has 0 amide bonds. The van der Waals surface area contributed by atoms with E-state index in [1.54, 1.807) is 0 Å². The van der Waals surface area contributed by atoms with Crippen LogP contribution in [-0.2, 0) is 0 Å². The van der Waals surface area contributed by atoms with Crippen molar-refractivity contribution >= 4 is 0 Å². The SMILES string of the molecule is CCNCC1CCCC1N(C)C. The van der Waals surface area contributed by atoms with Crippen LogP contribution in [0.25, 0.3) is 0 Å². The molecule has 2 atom stereocenters. The van der Waals surface area contributed by atoms with E-state index in [9.17, 15) is 0 Å². The third-order valence-corrected chi connectivity index (χ3v) is 2.94. The Labute approximate surface area is 76.3 Å². The number of nitrogens with zero attached hydrogens (tertiary/aromatic N) is 1. The minimum Gasteiger partial charge on any atom is -0.317 e. The van der Waals surface area contributed by atoms with Crippen LogP contribution in [-0.4, -0.2) is 38.1 Å². The summed E-state index contributed by atoms with van der Waals surface area (Å²) in [5, 5.41) is 3.45. The molecule has 72 valence electrons. The van der Waals surface area contributed by atoms with Crippen LogP contribution in [0.5, 0.6) is 0 Å². The van der Waals surface area contributed by atoms with Crippen molar-refractivity contribution in [3.05, 3.63) is 0 Å². The van der Waals surface area contributed by atoms with Gasteiger partial charge in [-0.25, -0.2) is 0 Å². The first-order valence-electron chi connectivity index (χ1n) is 5.12. The van der Waals surface area contributed by atoms with Crippen LogP contribution in [0, 0.1) is 5.92 Å². The molecular weight excluding hydrogens is 148 g/mol. The molecule has 1 N–H and O–H groups in total. The van der Waals surface area contributed by atoms with E-state index in [0.29, 0.717) is 0 Å². The fourth-order valence-corrected chi connectivity index (χ4v) is 2.26. The highest BCUT2D eigenvalue weighted by Gasteiger charge is 2.27. The van der Waals surface area contributed by atoms with Gasteiger partial charge in [0.25, 0.3) is 0 Å². The highest BCUT2D eigenvalue weighted by Crippen LogP contribution is 2.27. The van der Waals surface area contributed by atoms with Gasteiger partial charge in [0.15, 0.2) is 0 Å². The van der Waals surface area contributed by atoms with Crippen molar-refractivity contribution in [3.63, 3.8) is 0 Å². The second-order valence-corrected chi connectivity index (χ2v) is 4.03. The van der Waals surface area contributed by atoms with E-state index in [-0.39, 0.29) is 0 Å². The second-order valence-electron chi connectivity index (χ2n) is 4.03. The van der Waals surface area contributed by atoms with Gasteiger partial charge in [-0.1, -0.05) is 13.3 Å². The van der Waals surface area contributed by atoms with Crippen molar-refractivity contribution in [2.45, 2.75) is 32.2 Å². The molecule has 1 aliphatic carbocycles. The Bertz CT molecular complexity index is 123. The minimum absolute atomic E-state index is 0.823. The molecule has 12 heavy (non-hydrogen) atoms. The largest absolute Gasteiger partial charge is 0.317 e. The van der Waals surface area contributed by atoms with Crippen LogP contribution in [0.4, 0.5) is 0 Å². The van der Waals surface area contributed by atoms with Crippen molar-refractivity contribution in [1.29, 1.82) is 0 Å². The summed E-state index contributed by atoms with van der Waals surface area (Å²) in [6.45, 7) is 4.50. The third kappa shape index (κ3) is 2.46. The van der Waals surface area contributed by atoms with Gasteiger partial charge in [-0.3, -0.25) is 0 Å². The maximum absolute atomic E-state index is 3.45. The first kappa shape index (κ1) is 10.0. The highest BCUT2D eigenvalue weighted by atomic mass is 15.1. The maximum Gasteiger partial charge on any atom is 0.0129 e. The van der Waals surface area contributed by atoms with Crippen molar-refractivity contribution in [1.82, 2.24) is 10.2 Å². The van der Waals surface area contributed by atoms with Crippen LogP contribution in [0.3, 0.4) is 0 Å². The quantitative estimate of drug-likeness (QED) is 0.684. The molecule has 2 heteroatoms. The molecule has 0 aromatic carbocycles. The van der Waals surface area contributed by atoms with Gasteiger partial charge in [0.1, 0.15) is 0 Å². The molecule has 0 heterocycles. The summed E-state index contributed by atoms with van der Waals surface area (Å²) in [7, 11) is 4.41. The summed E-state index contributed by atoms with van der Waals surface area (Å²) in [4.78, 5) is 2.38. The summed E-state index contributed by atoms with van der Waals surface area (Å²) in [6.07, 6.45) is 4.22. The van der Waals surface area contributed by atoms with Crippen LogP contribution >= 0.6 is 0 Å². The van der Waals surface area contributed by atoms with E-state index < -0.39 is 0 Å². The monoisotopic (exact) mass is 170 g/mol. The molecule has 1 rings (SSSR count). The van der Waals surface area contributed by atoms with Gasteiger partial charge in [0.2, 0.25) is 0 Å². The Morgan fingerprint density at radius 3 is 2.67 bits per heavy atom. The van der Waals surface area contributed by atoms with E-state index >= 15 is 0 Å². The number of rotatable bonds is 4. The van der Waals surface area contributed by atoms with E-state index in [2.05, 4.69) is 31.2 Å². The molecule has 0 radical (unpaired) electrons. The summed E-state index contributed by atoms with van der Waals surface area (Å²) >= 11 is 0. The minimum atomic E-state index is 0.823. The Morgan fingerprint density at radius 1 is 1.33 bits per heavy atom. The lowest BCUT2D eigenvalue weighted by Crippen LogP contribution is -2.36. The molecule has 1 aliphatic rings. The average molecular weight is 170 g/mol. The van der Waals surface area contributed by atoms with Crippen LogP contribution in [0.2, 0.25) is 0 Å². The van der Waals surface area contributed by atoms with Crippen molar-refractivity contribution in [3.8, 4) is 0 Å². The van der Waals surface area contributed by atoms with Crippen molar-refractivity contribution in [2.24, 2.45) is 5.92 Å². The molecule has 0 aliphatic heterocycles. The predicted octanol–water partition coefficient (Wildman–Crippen LogP) is 1.33. The van der Waals surface area contributed by atoms with Gasteiger partial charge in [0, 0.05) is 6.04 Å². The van der Waals surface area contributed by atoms with Crippen LogP contribution in [0.15, 0.2) is 0 Å². The fourth-order valence-electron chi connectivity index (χ4n) is 2.26.